The average Bonchev–Trinajstić information content (AvgIpc) is 2.36. The van der Waals surface area contributed by atoms with Crippen LogP contribution in [0, 0.1) is 0 Å². The van der Waals surface area contributed by atoms with Gasteiger partial charge in [-0.15, -0.1) is 0 Å². The standard InChI is InChI=1S/C13H15NO2/c1-9(16-14)10-7-8-13(15-2)12-6-4-3-5-11(10)12/h3-9H,14H2,1-2H3. The molecule has 0 radical (unpaired) electrons. The predicted octanol–water partition coefficient (Wildman–Crippen LogP) is 2.80. The molecular weight excluding hydrogens is 202 g/mol. The molecule has 0 aliphatic rings. The van der Waals surface area contributed by atoms with E-state index in [0.717, 1.165) is 22.1 Å². The zero-order valence-electron chi connectivity index (χ0n) is 9.44. The van der Waals surface area contributed by atoms with Crippen molar-refractivity contribution in [1.29, 1.82) is 0 Å². The molecule has 3 heteroatoms. The number of benzene rings is 2. The van der Waals surface area contributed by atoms with Crippen LogP contribution in [-0.4, -0.2) is 7.11 Å². The van der Waals surface area contributed by atoms with E-state index in [4.69, 9.17) is 15.5 Å². The minimum atomic E-state index is -0.129. The van der Waals surface area contributed by atoms with Crippen LogP contribution in [0.3, 0.4) is 0 Å². The van der Waals surface area contributed by atoms with Crippen LogP contribution in [-0.2, 0) is 4.84 Å². The van der Waals surface area contributed by atoms with Gasteiger partial charge in [0, 0.05) is 5.39 Å². The summed E-state index contributed by atoms with van der Waals surface area (Å²) in [6.07, 6.45) is -0.129. The Labute approximate surface area is 94.7 Å². The minimum Gasteiger partial charge on any atom is -0.496 e. The molecule has 0 heterocycles. The second-order valence-corrected chi connectivity index (χ2v) is 3.68. The molecule has 0 spiro atoms. The molecule has 84 valence electrons. The molecule has 2 aromatic carbocycles. The molecule has 0 amide bonds. The van der Waals surface area contributed by atoms with Crippen LogP contribution in [0.2, 0.25) is 0 Å². The Morgan fingerprint density at radius 3 is 2.38 bits per heavy atom. The number of fused-ring (bicyclic) bond motifs is 1. The Bertz CT molecular complexity index is 496. The Morgan fingerprint density at radius 2 is 1.75 bits per heavy atom. The molecule has 0 aliphatic carbocycles. The topological polar surface area (TPSA) is 44.5 Å². The summed E-state index contributed by atoms with van der Waals surface area (Å²) in [5, 5.41) is 2.19. The number of hydrogen-bond donors (Lipinski definition) is 1. The van der Waals surface area contributed by atoms with Crippen LogP contribution in [0.15, 0.2) is 36.4 Å². The van der Waals surface area contributed by atoms with Crippen LogP contribution in [0.1, 0.15) is 18.6 Å². The highest BCUT2D eigenvalue weighted by atomic mass is 16.6. The van der Waals surface area contributed by atoms with Crippen LogP contribution < -0.4 is 10.6 Å². The first-order valence-electron chi connectivity index (χ1n) is 5.19. The highest BCUT2D eigenvalue weighted by Gasteiger charge is 2.11. The third kappa shape index (κ3) is 1.75. The molecule has 0 aliphatic heterocycles. The lowest BCUT2D eigenvalue weighted by atomic mass is 10.0. The normalized spacial score (nSPS) is 12.7. The van der Waals surface area contributed by atoms with Crippen molar-refractivity contribution >= 4 is 10.8 Å². The molecule has 1 unspecified atom stereocenters. The van der Waals surface area contributed by atoms with Gasteiger partial charge >= 0.3 is 0 Å². The number of hydrogen-bond acceptors (Lipinski definition) is 3. The minimum absolute atomic E-state index is 0.129. The van der Waals surface area contributed by atoms with E-state index in [1.54, 1.807) is 7.11 Å². The fourth-order valence-corrected chi connectivity index (χ4v) is 1.90. The van der Waals surface area contributed by atoms with E-state index >= 15 is 0 Å². The van der Waals surface area contributed by atoms with Crippen molar-refractivity contribution in [3.63, 3.8) is 0 Å². The second kappa shape index (κ2) is 4.51. The highest BCUT2D eigenvalue weighted by Crippen LogP contribution is 2.31. The molecular formula is C13H15NO2. The van der Waals surface area contributed by atoms with Crippen molar-refractivity contribution in [2.75, 3.05) is 7.11 Å². The van der Waals surface area contributed by atoms with Crippen molar-refractivity contribution in [3.05, 3.63) is 42.0 Å². The first-order valence-corrected chi connectivity index (χ1v) is 5.19. The Hall–Kier alpha value is -1.58. The smallest absolute Gasteiger partial charge is 0.126 e. The summed E-state index contributed by atoms with van der Waals surface area (Å²) in [6.45, 7) is 1.92. The van der Waals surface area contributed by atoms with Gasteiger partial charge in [0.1, 0.15) is 11.9 Å². The van der Waals surface area contributed by atoms with Gasteiger partial charge in [-0.25, -0.2) is 5.90 Å². The van der Waals surface area contributed by atoms with Gasteiger partial charge in [-0.2, -0.15) is 0 Å². The Kier molecular flexibility index (Phi) is 3.08. The van der Waals surface area contributed by atoms with E-state index in [-0.39, 0.29) is 6.10 Å². The van der Waals surface area contributed by atoms with Gasteiger partial charge in [-0.1, -0.05) is 30.3 Å². The number of ether oxygens (including phenoxy) is 1. The third-order valence-corrected chi connectivity index (χ3v) is 2.78. The lowest BCUT2D eigenvalue weighted by Crippen LogP contribution is -2.06. The van der Waals surface area contributed by atoms with Gasteiger partial charge in [0.2, 0.25) is 0 Å². The highest BCUT2D eigenvalue weighted by molar-refractivity contribution is 5.91. The van der Waals surface area contributed by atoms with Gasteiger partial charge in [-0.05, 0) is 23.9 Å². The summed E-state index contributed by atoms with van der Waals surface area (Å²) >= 11 is 0. The first kappa shape index (κ1) is 10.9. The quantitative estimate of drug-likeness (QED) is 0.804. The molecule has 1 atom stereocenters. The van der Waals surface area contributed by atoms with Crippen molar-refractivity contribution in [2.24, 2.45) is 5.90 Å². The molecule has 0 saturated heterocycles. The van der Waals surface area contributed by atoms with Crippen molar-refractivity contribution in [1.82, 2.24) is 0 Å². The third-order valence-electron chi connectivity index (χ3n) is 2.78. The second-order valence-electron chi connectivity index (χ2n) is 3.68. The zero-order valence-corrected chi connectivity index (χ0v) is 9.44. The van der Waals surface area contributed by atoms with Gasteiger partial charge in [-0.3, -0.25) is 4.84 Å². The average molecular weight is 217 g/mol. The summed E-state index contributed by atoms with van der Waals surface area (Å²) in [7, 11) is 1.67. The van der Waals surface area contributed by atoms with Crippen LogP contribution in [0.25, 0.3) is 10.8 Å². The predicted molar refractivity (Wildman–Crippen MR) is 64.2 cm³/mol. The SMILES string of the molecule is COc1ccc(C(C)ON)c2ccccc12. The summed E-state index contributed by atoms with van der Waals surface area (Å²) in [4.78, 5) is 4.88. The fourth-order valence-electron chi connectivity index (χ4n) is 1.90. The van der Waals surface area contributed by atoms with E-state index in [1.165, 1.54) is 0 Å². The summed E-state index contributed by atoms with van der Waals surface area (Å²) in [5.41, 5.74) is 1.07. The number of nitrogens with two attached hydrogens (primary N) is 1. The number of methoxy groups -OCH3 is 1. The maximum Gasteiger partial charge on any atom is 0.126 e. The molecule has 2 rings (SSSR count). The maximum atomic E-state index is 5.32. The summed E-state index contributed by atoms with van der Waals surface area (Å²) in [5.74, 6) is 6.10. The van der Waals surface area contributed by atoms with E-state index in [2.05, 4.69) is 0 Å². The zero-order chi connectivity index (χ0) is 11.5. The lowest BCUT2D eigenvalue weighted by Gasteiger charge is -2.14. The summed E-state index contributed by atoms with van der Waals surface area (Å²) in [6, 6.07) is 12.0. The van der Waals surface area contributed by atoms with Gasteiger partial charge < -0.3 is 4.74 Å². The van der Waals surface area contributed by atoms with E-state index < -0.39 is 0 Å². The van der Waals surface area contributed by atoms with Crippen LogP contribution in [0.5, 0.6) is 5.75 Å². The largest absolute Gasteiger partial charge is 0.496 e. The van der Waals surface area contributed by atoms with Crippen molar-refractivity contribution in [2.45, 2.75) is 13.0 Å². The van der Waals surface area contributed by atoms with E-state index in [0.29, 0.717) is 0 Å². The van der Waals surface area contributed by atoms with E-state index in [1.807, 2.05) is 43.3 Å². The molecule has 16 heavy (non-hydrogen) atoms. The maximum absolute atomic E-state index is 5.32. The first-order chi connectivity index (χ1) is 7.77. The van der Waals surface area contributed by atoms with E-state index in [9.17, 15) is 0 Å². The van der Waals surface area contributed by atoms with Gasteiger partial charge in [0.05, 0.1) is 7.11 Å². The Balaban J connectivity index is 2.69. The van der Waals surface area contributed by atoms with Gasteiger partial charge in [0.15, 0.2) is 0 Å². The molecule has 0 fully saturated rings. The fraction of sp³-hybridized carbons (Fsp3) is 0.231. The van der Waals surface area contributed by atoms with Crippen LogP contribution in [0.4, 0.5) is 0 Å². The monoisotopic (exact) mass is 217 g/mol. The molecule has 0 aromatic heterocycles. The number of rotatable bonds is 3. The molecule has 0 saturated carbocycles. The summed E-state index contributed by atoms with van der Waals surface area (Å²) < 4.78 is 5.32. The van der Waals surface area contributed by atoms with Crippen molar-refractivity contribution in [3.8, 4) is 5.75 Å². The van der Waals surface area contributed by atoms with Gasteiger partial charge in [0.25, 0.3) is 0 Å². The molecule has 2 N–H and O–H groups in total. The Morgan fingerprint density at radius 1 is 1.06 bits per heavy atom. The van der Waals surface area contributed by atoms with Crippen molar-refractivity contribution < 1.29 is 9.57 Å². The molecule has 2 aromatic rings. The molecule has 3 nitrogen and oxygen atoms in total. The molecule has 0 bridgehead atoms. The lowest BCUT2D eigenvalue weighted by molar-refractivity contribution is 0.0674. The van der Waals surface area contributed by atoms with Crippen LogP contribution >= 0.6 is 0 Å².